The van der Waals surface area contributed by atoms with Crippen LogP contribution in [0.25, 0.3) is 0 Å². The van der Waals surface area contributed by atoms with Crippen LogP contribution in [0.2, 0.25) is 0 Å². The molecule has 1 rings (SSSR count). The van der Waals surface area contributed by atoms with E-state index in [0.29, 0.717) is 12.0 Å². The van der Waals surface area contributed by atoms with Gasteiger partial charge in [0.25, 0.3) is 0 Å². The molecular formula is C12H18FNO2S. The number of hydrogen-bond donors (Lipinski definition) is 1. The molecular weight excluding hydrogens is 241 g/mol. The van der Waals surface area contributed by atoms with Crippen molar-refractivity contribution in [3.8, 4) is 0 Å². The maximum atomic E-state index is 12.8. The van der Waals surface area contributed by atoms with Gasteiger partial charge in [-0.05, 0) is 24.1 Å². The van der Waals surface area contributed by atoms with Gasteiger partial charge in [0, 0.05) is 5.69 Å². The molecule has 0 atom stereocenters. The first-order chi connectivity index (χ1) is 7.94. The van der Waals surface area contributed by atoms with Crippen LogP contribution in [0.4, 0.5) is 10.1 Å². The summed E-state index contributed by atoms with van der Waals surface area (Å²) in [6.45, 7) is 2.02. The Balaban J connectivity index is 2.69. The first-order valence-electron chi connectivity index (χ1n) is 5.69. The molecule has 0 spiro atoms. The van der Waals surface area contributed by atoms with E-state index < -0.39 is 15.7 Å². The smallest absolute Gasteiger partial charge is 0.154 e. The van der Waals surface area contributed by atoms with Crippen molar-refractivity contribution < 1.29 is 12.8 Å². The predicted octanol–water partition coefficient (Wildman–Crippen LogP) is 2.51. The molecule has 5 heteroatoms. The summed E-state index contributed by atoms with van der Waals surface area (Å²) < 4.78 is 36.3. The molecule has 0 aromatic heterocycles. The van der Waals surface area contributed by atoms with Gasteiger partial charge in [0.05, 0.1) is 11.5 Å². The Bertz CT molecular complexity index is 471. The van der Waals surface area contributed by atoms with Crippen molar-refractivity contribution >= 4 is 15.5 Å². The molecule has 1 aromatic rings. The van der Waals surface area contributed by atoms with Crippen molar-refractivity contribution in [3.05, 3.63) is 29.6 Å². The molecule has 1 aromatic carbocycles. The zero-order valence-corrected chi connectivity index (χ0v) is 10.8. The zero-order chi connectivity index (χ0) is 12.9. The molecule has 3 nitrogen and oxygen atoms in total. The van der Waals surface area contributed by atoms with Gasteiger partial charge in [-0.2, -0.15) is 0 Å². The van der Waals surface area contributed by atoms with Crippen LogP contribution in [0.1, 0.15) is 31.7 Å². The third kappa shape index (κ3) is 4.73. The van der Waals surface area contributed by atoms with E-state index in [0.717, 1.165) is 18.9 Å². The SMILES string of the molecule is CCCCCS(=O)(=O)Cc1ccc(F)cc1N. The molecule has 0 unspecified atom stereocenters. The quantitative estimate of drug-likeness (QED) is 0.630. The summed E-state index contributed by atoms with van der Waals surface area (Å²) in [6.07, 6.45) is 2.55. The Morgan fingerprint density at radius 2 is 2.00 bits per heavy atom. The molecule has 0 fully saturated rings. The lowest BCUT2D eigenvalue weighted by Crippen LogP contribution is -2.10. The van der Waals surface area contributed by atoms with E-state index in [4.69, 9.17) is 5.73 Å². The Hall–Kier alpha value is -1.10. The first kappa shape index (κ1) is 14.0. The molecule has 0 aliphatic heterocycles. The molecule has 0 aliphatic carbocycles. The summed E-state index contributed by atoms with van der Waals surface area (Å²) in [5, 5.41) is 0. The minimum absolute atomic E-state index is 0.108. The molecule has 96 valence electrons. The average molecular weight is 259 g/mol. The van der Waals surface area contributed by atoms with Crippen molar-refractivity contribution in [1.29, 1.82) is 0 Å². The lowest BCUT2D eigenvalue weighted by atomic mass is 10.2. The number of benzene rings is 1. The first-order valence-corrected chi connectivity index (χ1v) is 7.51. The largest absolute Gasteiger partial charge is 0.398 e. The molecule has 0 saturated heterocycles. The third-order valence-electron chi connectivity index (χ3n) is 2.54. The van der Waals surface area contributed by atoms with Crippen molar-refractivity contribution in [2.45, 2.75) is 31.9 Å². The van der Waals surface area contributed by atoms with Gasteiger partial charge in [0.2, 0.25) is 0 Å². The number of rotatable bonds is 6. The van der Waals surface area contributed by atoms with Gasteiger partial charge >= 0.3 is 0 Å². The van der Waals surface area contributed by atoms with Crippen LogP contribution in [0.5, 0.6) is 0 Å². The number of anilines is 1. The van der Waals surface area contributed by atoms with Crippen LogP contribution >= 0.6 is 0 Å². The molecule has 0 bridgehead atoms. The van der Waals surface area contributed by atoms with Crippen LogP contribution in [0.15, 0.2) is 18.2 Å². The van der Waals surface area contributed by atoms with E-state index in [1.807, 2.05) is 6.92 Å². The molecule has 0 amide bonds. The monoisotopic (exact) mass is 259 g/mol. The number of unbranched alkanes of at least 4 members (excludes halogenated alkanes) is 2. The second-order valence-corrected chi connectivity index (χ2v) is 6.33. The highest BCUT2D eigenvalue weighted by atomic mass is 32.2. The van der Waals surface area contributed by atoms with Crippen LogP contribution in [0.3, 0.4) is 0 Å². The maximum absolute atomic E-state index is 12.8. The van der Waals surface area contributed by atoms with E-state index in [1.165, 1.54) is 12.1 Å². The van der Waals surface area contributed by atoms with E-state index in [1.54, 1.807) is 0 Å². The number of nitrogen functional groups attached to an aromatic ring is 1. The summed E-state index contributed by atoms with van der Waals surface area (Å²) in [5.74, 6) is -0.393. The Morgan fingerprint density at radius 3 is 2.59 bits per heavy atom. The highest BCUT2D eigenvalue weighted by Gasteiger charge is 2.13. The van der Waals surface area contributed by atoms with Gasteiger partial charge in [-0.15, -0.1) is 0 Å². The van der Waals surface area contributed by atoms with Crippen LogP contribution in [-0.2, 0) is 15.6 Å². The van der Waals surface area contributed by atoms with Gasteiger partial charge in [0.15, 0.2) is 9.84 Å². The number of halogens is 1. The van der Waals surface area contributed by atoms with Crippen molar-refractivity contribution in [1.82, 2.24) is 0 Å². The summed E-state index contributed by atoms with van der Waals surface area (Å²) >= 11 is 0. The van der Waals surface area contributed by atoms with Crippen LogP contribution < -0.4 is 5.73 Å². The molecule has 0 heterocycles. The lowest BCUT2D eigenvalue weighted by molar-refractivity contribution is 0.590. The topological polar surface area (TPSA) is 60.2 Å². The van der Waals surface area contributed by atoms with Crippen LogP contribution in [-0.4, -0.2) is 14.2 Å². The molecule has 0 aliphatic rings. The fourth-order valence-electron chi connectivity index (χ4n) is 1.58. The standard InChI is InChI=1S/C12H18FNO2S/c1-2-3-4-7-17(15,16)9-10-5-6-11(13)8-12(10)14/h5-6,8H,2-4,7,9,14H2,1H3. The molecule has 0 saturated carbocycles. The summed E-state index contributed by atoms with van der Waals surface area (Å²) in [7, 11) is -3.14. The second kappa shape index (κ2) is 6.00. The number of hydrogen-bond acceptors (Lipinski definition) is 3. The van der Waals surface area contributed by atoms with Gasteiger partial charge in [-0.1, -0.05) is 25.8 Å². The van der Waals surface area contributed by atoms with Crippen molar-refractivity contribution in [3.63, 3.8) is 0 Å². The Kier molecular flexibility index (Phi) is 4.93. The van der Waals surface area contributed by atoms with Gasteiger partial charge < -0.3 is 5.73 Å². The zero-order valence-electron chi connectivity index (χ0n) is 9.95. The lowest BCUT2D eigenvalue weighted by Gasteiger charge is -2.07. The average Bonchev–Trinajstić information content (AvgIpc) is 2.22. The van der Waals surface area contributed by atoms with Gasteiger partial charge in [-0.25, -0.2) is 12.8 Å². The summed E-state index contributed by atoms with van der Waals surface area (Å²) in [4.78, 5) is 0. The van der Waals surface area contributed by atoms with Gasteiger partial charge in [-0.3, -0.25) is 0 Å². The van der Waals surface area contributed by atoms with Crippen molar-refractivity contribution in [2.24, 2.45) is 0 Å². The van der Waals surface area contributed by atoms with Gasteiger partial charge in [0.1, 0.15) is 5.82 Å². The number of nitrogens with two attached hydrogens (primary N) is 1. The van der Waals surface area contributed by atoms with E-state index in [9.17, 15) is 12.8 Å². The fraction of sp³-hybridized carbons (Fsp3) is 0.500. The van der Waals surface area contributed by atoms with E-state index in [-0.39, 0.29) is 17.2 Å². The molecule has 0 radical (unpaired) electrons. The van der Waals surface area contributed by atoms with Crippen molar-refractivity contribution in [2.75, 3.05) is 11.5 Å². The molecule has 17 heavy (non-hydrogen) atoms. The minimum atomic E-state index is -3.14. The Morgan fingerprint density at radius 1 is 1.29 bits per heavy atom. The van der Waals surface area contributed by atoms with E-state index >= 15 is 0 Å². The maximum Gasteiger partial charge on any atom is 0.154 e. The minimum Gasteiger partial charge on any atom is -0.398 e. The molecule has 2 N–H and O–H groups in total. The Labute approximate surface area is 102 Å². The highest BCUT2D eigenvalue weighted by molar-refractivity contribution is 7.90. The number of sulfone groups is 1. The van der Waals surface area contributed by atoms with E-state index in [2.05, 4.69) is 0 Å². The normalized spacial score (nSPS) is 11.6. The highest BCUT2D eigenvalue weighted by Crippen LogP contribution is 2.17. The third-order valence-corrected chi connectivity index (χ3v) is 4.20. The predicted molar refractivity (Wildman–Crippen MR) is 67.8 cm³/mol. The van der Waals surface area contributed by atoms with Crippen LogP contribution in [0, 0.1) is 5.82 Å². The summed E-state index contributed by atoms with van der Waals surface area (Å²) in [6, 6.07) is 3.81. The summed E-state index contributed by atoms with van der Waals surface area (Å²) in [5.41, 5.74) is 6.25. The second-order valence-electron chi connectivity index (χ2n) is 4.14. The fourth-order valence-corrected chi connectivity index (χ4v) is 3.10.